The van der Waals surface area contributed by atoms with E-state index in [4.69, 9.17) is 44.6 Å². The Hall–Kier alpha value is -1.49. The number of hydrogen-bond donors (Lipinski definition) is 1. The molecule has 0 bridgehead atoms. The molecule has 2 aromatic rings. The first-order valence-corrected chi connectivity index (χ1v) is 6.54. The summed E-state index contributed by atoms with van der Waals surface area (Å²) in [4.78, 5) is 14.9. The van der Waals surface area contributed by atoms with Crippen molar-refractivity contribution in [3.63, 3.8) is 0 Å². The lowest BCUT2D eigenvalue weighted by atomic mass is 10.2. The van der Waals surface area contributed by atoms with E-state index in [1.807, 2.05) is 0 Å². The lowest BCUT2D eigenvalue weighted by Crippen LogP contribution is -2.04. The number of carboxylic acid groups (broad SMARTS) is 1. The van der Waals surface area contributed by atoms with Crippen LogP contribution in [0.1, 0.15) is 16.1 Å². The Labute approximate surface area is 129 Å². The zero-order valence-corrected chi connectivity index (χ0v) is 12.4. The average molecular weight is 333 g/mol. The predicted octanol–water partition coefficient (Wildman–Crippen LogP) is 4.84. The number of aromatic carboxylic acids is 1. The first-order valence-electron chi connectivity index (χ1n) is 5.41. The van der Waals surface area contributed by atoms with E-state index in [-0.39, 0.29) is 16.6 Å². The first-order chi connectivity index (χ1) is 9.36. The van der Waals surface area contributed by atoms with E-state index in [0.29, 0.717) is 21.4 Å². The molecule has 1 heterocycles. The molecule has 0 unspecified atom stereocenters. The fraction of sp³-hybridized carbons (Fsp3) is 0.0769. The molecule has 0 spiro atoms. The van der Waals surface area contributed by atoms with E-state index in [1.54, 1.807) is 25.1 Å². The Morgan fingerprint density at radius 2 is 1.75 bits per heavy atom. The molecular formula is C13H8Cl3NO3. The fourth-order valence-electron chi connectivity index (χ4n) is 1.53. The van der Waals surface area contributed by atoms with Gasteiger partial charge < -0.3 is 9.84 Å². The number of nitrogens with zero attached hydrogens (tertiary/aromatic N) is 1. The van der Waals surface area contributed by atoms with Gasteiger partial charge in [0.1, 0.15) is 5.75 Å². The van der Waals surface area contributed by atoms with Gasteiger partial charge in [-0.15, -0.1) is 0 Å². The minimum atomic E-state index is -1.23. The van der Waals surface area contributed by atoms with Crippen LogP contribution in [0.25, 0.3) is 0 Å². The molecule has 1 aromatic carbocycles. The molecule has 0 atom stereocenters. The molecule has 1 aromatic heterocycles. The minimum absolute atomic E-state index is 0.0778. The maximum absolute atomic E-state index is 11.0. The number of benzene rings is 1. The highest BCUT2D eigenvalue weighted by molar-refractivity contribution is 6.35. The van der Waals surface area contributed by atoms with Gasteiger partial charge in [0.25, 0.3) is 0 Å². The van der Waals surface area contributed by atoms with Crippen LogP contribution >= 0.6 is 34.8 Å². The Morgan fingerprint density at radius 1 is 1.15 bits per heavy atom. The summed E-state index contributed by atoms with van der Waals surface area (Å²) in [6.45, 7) is 1.66. The topological polar surface area (TPSA) is 59.4 Å². The van der Waals surface area contributed by atoms with Crippen molar-refractivity contribution in [3.8, 4) is 11.6 Å². The number of ether oxygens (including phenoxy) is 1. The van der Waals surface area contributed by atoms with E-state index in [0.717, 1.165) is 0 Å². The van der Waals surface area contributed by atoms with Crippen molar-refractivity contribution in [1.82, 2.24) is 4.98 Å². The van der Waals surface area contributed by atoms with Gasteiger partial charge in [0, 0.05) is 16.1 Å². The van der Waals surface area contributed by atoms with Crippen molar-refractivity contribution in [2.24, 2.45) is 0 Å². The van der Waals surface area contributed by atoms with E-state index in [9.17, 15) is 4.79 Å². The SMILES string of the molecule is Cc1cc(Oc2cc(Cl)cc(Cl)c2)nc(C(=O)O)c1Cl. The molecule has 0 saturated carbocycles. The van der Waals surface area contributed by atoms with E-state index in [2.05, 4.69) is 4.98 Å². The summed E-state index contributed by atoms with van der Waals surface area (Å²) in [5.41, 5.74) is 0.275. The zero-order valence-electron chi connectivity index (χ0n) is 10.2. The van der Waals surface area contributed by atoms with Crippen LogP contribution in [0.4, 0.5) is 0 Å². The van der Waals surface area contributed by atoms with Crippen molar-refractivity contribution < 1.29 is 14.6 Å². The monoisotopic (exact) mass is 331 g/mol. The standard InChI is InChI=1S/C13H8Cl3NO3/c1-6-2-10(17-12(11(6)16)13(18)19)20-9-4-7(14)3-8(15)5-9/h2-5H,1H3,(H,18,19). The highest BCUT2D eigenvalue weighted by Gasteiger charge is 2.15. The number of rotatable bonds is 3. The summed E-state index contributed by atoms with van der Waals surface area (Å²) in [6, 6.07) is 6.17. The van der Waals surface area contributed by atoms with Crippen LogP contribution in [0, 0.1) is 6.92 Å². The van der Waals surface area contributed by atoms with Gasteiger partial charge in [0.2, 0.25) is 5.88 Å². The largest absolute Gasteiger partial charge is 0.476 e. The molecule has 1 N–H and O–H groups in total. The number of carbonyl (C=O) groups is 1. The Balaban J connectivity index is 2.41. The van der Waals surface area contributed by atoms with Crippen molar-refractivity contribution in [3.05, 3.63) is 50.6 Å². The maximum atomic E-state index is 11.0. The summed E-state index contributed by atoms with van der Waals surface area (Å²) in [5.74, 6) is -0.775. The summed E-state index contributed by atoms with van der Waals surface area (Å²) in [5, 5.41) is 9.90. The molecule has 7 heteroatoms. The third kappa shape index (κ3) is 3.33. The van der Waals surface area contributed by atoms with Crippen molar-refractivity contribution in [2.75, 3.05) is 0 Å². The van der Waals surface area contributed by atoms with Crippen LogP contribution in [0.3, 0.4) is 0 Å². The number of carboxylic acids is 1. The maximum Gasteiger partial charge on any atom is 0.356 e. The van der Waals surface area contributed by atoms with Gasteiger partial charge in [-0.1, -0.05) is 34.8 Å². The van der Waals surface area contributed by atoms with Gasteiger partial charge in [-0.25, -0.2) is 9.78 Å². The van der Waals surface area contributed by atoms with E-state index < -0.39 is 5.97 Å². The normalized spacial score (nSPS) is 10.4. The predicted molar refractivity (Wildman–Crippen MR) is 77.5 cm³/mol. The van der Waals surface area contributed by atoms with Crippen molar-refractivity contribution >= 4 is 40.8 Å². The molecule has 104 valence electrons. The minimum Gasteiger partial charge on any atom is -0.476 e. The molecule has 0 radical (unpaired) electrons. The Kier molecular flexibility index (Phi) is 4.38. The quantitative estimate of drug-likeness (QED) is 0.873. The fourth-order valence-corrected chi connectivity index (χ4v) is 2.21. The average Bonchev–Trinajstić information content (AvgIpc) is 2.31. The molecule has 0 aliphatic rings. The smallest absolute Gasteiger partial charge is 0.356 e. The van der Waals surface area contributed by atoms with Gasteiger partial charge in [-0.05, 0) is 30.7 Å². The van der Waals surface area contributed by atoms with Gasteiger partial charge in [0.05, 0.1) is 5.02 Å². The lowest BCUT2D eigenvalue weighted by molar-refractivity contribution is 0.0689. The second kappa shape index (κ2) is 5.87. The van der Waals surface area contributed by atoms with Gasteiger partial charge in [-0.3, -0.25) is 0 Å². The van der Waals surface area contributed by atoms with Crippen molar-refractivity contribution in [1.29, 1.82) is 0 Å². The summed E-state index contributed by atoms with van der Waals surface area (Å²) in [6.07, 6.45) is 0. The molecule has 0 amide bonds. The molecule has 0 aliphatic carbocycles. The molecule has 0 saturated heterocycles. The molecule has 2 rings (SSSR count). The number of aromatic nitrogens is 1. The highest BCUT2D eigenvalue weighted by atomic mass is 35.5. The lowest BCUT2D eigenvalue weighted by Gasteiger charge is -2.09. The van der Waals surface area contributed by atoms with Gasteiger partial charge >= 0.3 is 5.97 Å². The number of pyridine rings is 1. The Bertz CT molecular complexity index is 669. The number of halogens is 3. The highest BCUT2D eigenvalue weighted by Crippen LogP contribution is 2.30. The third-order valence-corrected chi connectivity index (χ3v) is 3.29. The number of hydrogen-bond acceptors (Lipinski definition) is 3. The summed E-state index contributed by atoms with van der Waals surface area (Å²) >= 11 is 17.6. The van der Waals surface area contributed by atoms with Crippen LogP contribution < -0.4 is 4.74 Å². The first kappa shape index (κ1) is 14.9. The Morgan fingerprint density at radius 3 is 2.30 bits per heavy atom. The second-order valence-electron chi connectivity index (χ2n) is 3.95. The molecule has 0 fully saturated rings. The van der Waals surface area contributed by atoms with Crippen LogP contribution in [0.15, 0.2) is 24.3 Å². The van der Waals surface area contributed by atoms with Crippen LogP contribution in [-0.2, 0) is 0 Å². The number of aryl methyl sites for hydroxylation is 1. The summed E-state index contributed by atoms with van der Waals surface area (Å²) < 4.78 is 5.46. The molecular weight excluding hydrogens is 325 g/mol. The molecule has 4 nitrogen and oxygen atoms in total. The summed E-state index contributed by atoms with van der Waals surface area (Å²) in [7, 11) is 0. The van der Waals surface area contributed by atoms with Gasteiger partial charge in [-0.2, -0.15) is 0 Å². The third-order valence-electron chi connectivity index (χ3n) is 2.38. The zero-order chi connectivity index (χ0) is 14.9. The van der Waals surface area contributed by atoms with Gasteiger partial charge in [0.15, 0.2) is 5.69 Å². The van der Waals surface area contributed by atoms with Crippen LogP contribution in [-0.4, -0.2) is 16.1 Å². The second-order valence-corrected chi connectivity index (χ2v) is 5.20. The van der Waals surface area contributed by atoms with E-state index >= 15 is 0 Å². The molecule has 20 heavy (non-hydrogen) atoms. The van der Waals surface area contributed by atoms with Crippen LogP contribution in [0.5, 0.6) is 11.6 Å². The van der Waals surface area contributed by atoms with Crippen molar-refractivity contribution in [2.45, 2.75) is 6.92 Å². The van der Waals surface area contributed by atoms with Crippen LogP contribution in [0.2, 0.25) is 15.1 Å². The molecule has 0 aliphatic heterocycles. The van der Waals surface area contributed by atoms with E-state index in [1.165, 1.54) is 6.07 Å².